The number of ether oxygens (including phenoxy) is 1. The van der Waals surface area contributed by atoms with Gasteiger partial charge in [0, 0.05) is 19.0 Å². The van der Waals surface area contributed by atoms with Crippen LogP contribution in [0.1, 0.15) is 48.9 Å². The highest BCUT2D eigenvalue weighted by atomic mass is 16.6. The van der Waals surface area contributed by atoms with Gasteiger partial charge in [0.15, 0.2) is 0 Å². The van der Waals surface area contributed by atoms with Crippen LogP contribution in [0.4, 0.5) is 4.79 Å². The van der Waals surface area contributed by atoms with E-state index in [4.69, 9.17) is 4.74 Å². The molecule has 0 aliphatic carbocycles. The van der Waals surface area contributed by atoms with Gasteiger partial charge in [-0.05, 0) is 44.4 Å². The van der Waals surface area contributed by atoms with Gasteiger partial charge >= 0.3 is 6.09 Å². The average Bonchev–Trinajstić information content (AvgIpc) is 2.53. The molecule has 0 radical (unpaired) electrons. The van der Waals surface area contributed by atoms with Crippen molar-refractivity contribution in [2.45, 2.75) is 45.8 Å². The number of hydrogen-bond acceptors (Lipinski definition) is 2. The van der Waals surface area contributed by atoms with Gasteiger partial charge < -0.3 is 9.64 Å². The Morgan fingerprint density at radius 2 is 1.75 bits per heavy atom. The van der Waals surface area contributed by atoms with Crippen molar-refractivity contribution in [1.82, 2.24) is 4.90 Å². The van der Waals surface area contributed by atoms with E-state index in [0.717, 1.165) is 0 Å². The van der Waals surface area contributed by atoms with Gasteiger partial charge in [0.2, 0.25) is 0 Å². The highest BCUT2D eigenvalue weighted by Gasteiger charge is 2.31. The Bertz CT molecular complexity index is 728. The molecular weight excluding hydrogens is 298 g/mol. The Balaban J connectivity index is 1.93. The zero-order valence-corrected chi connectivity index (χ0v) is 14.9. The lowest BCUT2D eigenvalue weighted by atomic mass is 9.84. The van der Waals surface area contributed by atoms with Crippen molar-refractivity contribution in [2.75, 3.05) is 6.54 Å². The second kappa shape index (κ2) is 6.31. The summed E-state index contributed by atoms with van der Waals surface area (Å²) >= 11 is 0. The summed E-state index contributed by atoms with van der Waals surface area (Å²) in [5, 5.41) is 0. The van der Waals surface area contributed by atoms with Crippen molar-refractivity contribution in [3.63, 3.8) is 0 Å². The van der Waals surface area contributed by atoms with Gasteiger partial charge in [-0.3, -0.25) is 0 Å². The minimum atomic E-state index is -0.479. The Morgan fingerprint density at radius 1 is 1.08 bits per heavy atom. The molecule has 1 amide bonds. The van der Waals surface area contributed by atoms with Gasteiger partial charge in [-0.1, -0.05) is 54.1 Å². The summed E-state index contributed by atoms with van der Waals surface area (Å²) in [6.45, 7) is 9.05. The number of hydrogen-bond donors (Lipinski definition) is 0. The van der Waals surface area contributed by atoms with E-state index in [0.29, 0.717) is 13.1 Å². The number of fused-ring (bicyclic) bond motifs is 1. The fourth-order valence-electron chi connectivity index (χ4n) is 3.16. The first-order valence-corrected chi connectivity index (χ1v) is 8.46. The zero-order chi connectivity index (χ0) is 17.3. The number of aryl methyl sites for hydroxylation is 1. The van der Waals surface area contributed by atoms with Gasteiger partial charge in [0.25, 0.3) is 0 Å². The van der Waals surface area contributed by atoms with Crippen LogP contribution in [0.25, 0.3) is 0 Å². The molecule has 0 saturated carbocycles. The molecule has 2 aromatic rings. The van der Waals surface area contributed by atoms with Crippen LogP contribution >= 0.6 is 0 Å². The second-order valence-electron chi connectivity index (χ2n) is 7.52. The summed E-state index contributed by atoms with van der Waals surface area (Å²) in [7, 11) is 0. The van der Waals surface area contributed by atoms with Crippen molar-refractivity contribution in [3.8, 4) is 0 Å². The van der Waals surface area contributed by atoms with Crippen LogP contribution in [0.15, 0.2) is 48.5 Å². The molecule has 1 heterocycles. The van der Waals surface area contributed by atoms with E-state index in [1.807, 2.05) is 31.7 Å². The van der Waals surface area contributed by atoms with Crippen molar-refractivity contribution in [1.29, 1.82) is 0 Å². The molecule has 3 heteroatoms. The molecule has 1 aliphatic rings. The smallest absolute Gasteiger partial charge is 0.410 e. The molecule has 126 valence electrons. The van der Waals surface area contributed by atoms with Crippen LogP contribution in [0.5, 0.6) is 0 Å². The molecule has 0 fully saturated rings. The summed E-state index contributed by atoms with van der Waals surface area (Å²) in [6.07, 6.45) is -0.242. The molecule has 2 aromatic carbocycles. The Morgan fingerprint density at radius 3 is 2.42 bits per heavy atom. The summed E-state index contributed by atoms with van der Waals surface area (Å²) in [5.41, 5.74) is 4.50. The monoisotopic (exact) mass is 323 g/mol. The molecule has 0 bridgehead atoms. The molecule has 0 spiro atoms. The highest BCUT2D eigenvalue weighted by molar-refractivity contribution is 5.69. The first kappa shape index (κ1) is 16.6. The minimum Gasteiger partial charge on any atom is -0.444 e. The SMILES string of the molecule is Cc1ccc(C2CN(C(=O)OC(C)(C)C)Cc3ccccc32)cc1. The number of nitrogens with zero attached hydrogens (tertiary/aromatic N) is 1. The third-order valence-corrected chi connectivity index (χ3v) is 4.33. The van der Waals surface area contributed by atoms with E-state index in [1.54, 1.807) is 0 Å². The minimum absolute atomic E-state index is 0.183. The maximum absolute atomic E-state index is 12.6. The maximum atomic E-state index is 12.6. The Kier molecular flexibility index (Phi) is 4.35. The van der Waals surface area contributed by atoms with E-state index in [2.05, 4.69) is 49.4 Å². The Hall–Kier alpha value is -2.29. The van der Waals surface area contributed by atoms with Crippen molar-refractivity contribution >= 4 is 6.09 Å². The molecule has 3 rings (SSSR count). The lowest BCUT2D eigenvalue weighted by Gasteiger charge is -2.36. The van der Waals surface area contributed by atoms with Crippen LogP contribution in [0.3, 0.4) is 0 Å². The number of benzene rings is 2. The number of carbonyl (C=O) groups is 1. The number of carbonyl (C=O) groups excluding carboxylic acids is 1. The van der Waals surface area contributed by atoms with E-state index < -0.39 is 5.60 Å². The molecule has 0 aromatic heterocycles. The molecule has 1 unspecified atom stereocenters. The molecule has 1 aliphatic heterocycles. The van der Waals surface area contributed by atoms with Gasteiger partial charge in [-0.2, -0.15) is 0 Å². The normalized spacial score (nSPS) is 17.3. The molecule has 24 heavy (non-hydrogen) atoms. The molecule has 3 nitrogen and oxygen atoms in total. The number of amides is 1. The van der Waals surface area contributed by atoms with E-state index in [9.17, 15) is 4.79 Å². The fourth-order valence-corrected chi connectivity index (χ4v) is 3.16. The van der Waals surface area contributed by atoms with E-state index in [1.165, 1.54) is 22.3 Å². The quantitative estimate of drug-likeness (QED) is 0.748. The van der Waals surface area contributed by atoms with Gasteiger partial charge in [0.05, 0.1) is 0 Å². The molecule has 0 saturated heterocycles. The van der Waals surface area contributed by atoms with Gasteiger partial charge in [0.1, 0.15) is 5.60 Å². The standard InChI is InChI=1S/C21H25NO2/c1-15-9-11-16(12-10-15)19-14-22(20(23)24-21(2,3)4)13-17-7-5-6-8-18(17)19/h5-12,19H,13-14H2,1-4H3. The maximum Gasteiger partial charge on any atom is 0.410 e. The molecule has 1 atom stereocenters. The summed E-state index contributed by atoms with van der Waals surface area (Å²) < 4.78 is 5.58. The van der Waals surface area contributed by atoms with Crippen molar-refractivity contribution in [2.24, 2.45) is 0 Å². The third kappa shape index (κ3) is 3.61. The summed E-state index contributed by atoms with van der Waals surface area (Å²) in [6, 6.07) is 17.0. The predicted octanol–water partition coefficient (Wildman–Crippen LogP) is 4.88. The van der Waals surface area contributed by atoms with E-state index >= 15 is 0 Å². The highest BCUT2D eigenvalue weighted by Crippen LogP contribution is 2.34. The average molecular weight is 323 g/mol. The second-order valence-corrected chi connectivity index (χ2v) is 7.52. The number of rotatable bonds is 1. The zero-order valence-electron chi connectivity index (χ0n) is 14.9. The summed E-state index contributed by atoms with van der Waals surface area (Å²) in [5.74, 6) is 0.183. The van der Waals surface area contributed by atoms with Crippen molar-refractivity contribution < 1.29 is 9.53 Å². The van der Waals surface area contributed by atoms with Gasteiger partial charge in [-0.15, -0.1) is 0 Å². The van der Waals surface area contributed by atoms with Crippen LogP contribution in [-0.2, 0) is 11.3 Å². The fraction of sp³-hybridized carbons (Fsp3) is 0.381. The summed E-state index contributed by atoms with van der Waals surface area (Å²) in [4.78, 5) is 14.4. The van der Waals surface area contributed by atoms with Crippen LogP contribution in [0, 0.1) is 6.92 Å². The lowest BCUT2D eigenvalue weighted by Crippen LogP contribution is -2.41. The molecule has 0 N–H and O–H groups in total. The first-order valence-electron chi connectivity index (χ1n) is 8.46. The predicted molar refractivity (Wildman–Crippen MR) is 96.1 cm³/mol. The topological polar surface area (TPSA) is 29.5 Å². The van der Waals surface area contributed by atoms with Crippen LogP contribution in [0.2, 0.25) is 0 Å². The molecular formula is C21H25NO2. The van der Waals surface area contributed by atoms with Crippen LogP contribution in [-0.4, -0.2) is 23.1 Å². The van der Waals surface area contributed by atoms with Crippen LogP contribution < -0.4 is 0 Å². The largest absolute Gasteiger partial charge is 0.444 e. The van der Waals surface area contributed by atoms with E-state index in [-0.39, 0.29) is 12.0 Å². The van der Waals surface area contributed by atoms with Gasteiger partial charge in [-0.25, -0.2) is 4.79 Å². The third-order valence-electron chi connectivity index (χ3n) is 4.33. The van der Waals surface area contributed by atoms with Crippen molar-refractivity contribution in [3.05, 3.63) is 70.8 Å². The lowest BCUT2D eigenvalue weighted by molar-refractivity contribution is 0.0213. The Labute approximate surface area is 144 Å². The first-order chi connectivity index (χ1) is 11.3.